The smallest absolute Gasteiger partial charge is 0.369 e. The van der Waals surface area contributed by atoms with Crippen LogP contribution in [0.1, 0.15) is 116 Å². The number of rotatable bonds is 7. The van der Waals surface area contributed by atoms with E-state index in [0.717, 1.165) is 33.6 Å². The Morgan fingerprint density at radius 2 is 0.861 bits per heavy atom. The standard InChI is InChI=1S/C43H28F18N2O5.C4H10/c1-16(2)24-10-17(3)25(14-29(24)36(67,40(50,51)52)41(53,54)55)26-15-30(37(68,42(56,57)58)43(59,60)61)31(11-18(26)4)63-33(65)23-9-7-21(13-28(23)34(63)66)35(38(44,45)46,39(47,48)49)20-6-8-22-27(12-20)19(5)62-32(22)64;1-4(2)3/h6-16,67-68H,5H2,1-4H3,(H,62,64);4H,1-3H3. The van der Waals surface area contributed by atoms with E-state index in [1.165, 1.54) is 0 Å². The number of aliphatic hydroxyl groups is 2. The van der Waals surface area contributed by atoms with Crippen LogP contribution in [-0.4, -0.2) is 65.0 Å². The highest BCUT2D eigenvalue weighted by molar-refractivity contribution is 6.35. The second kappa shape index (κ2) is 17.8. The summed E-state index contributed by atoms with van der Waals surface area (Å²) in [4.78, 5) is 39.6. The van der Waals surface area contributed by atoms with Gasteiger partial charge in [-0.15, -0.1) is 0 Å². The van der Waals surface area contributed by atoms with Gasteiger partial charge in [0.2, 0.25) is 5.41 Å². The van der Waals surface area contributed by atoms with Crippen molar-refractivity contribution in [2.75, 3.05) is 4.90 Å². The molecule has 25 heteroatoms. The van der Waals surface area contributed by atoms with Gasteiger partial charge >= 0.3 is 37.1 Å². The van der Waals surface area contributed by atoms with Gasteiger partial charge in [-0.2, -0.15) is 79.0 Å². The Kier molecular flexibility index (Phi) is 14.1. The Labute approximate surface area is 396 Å². The molecule has 4 aromatic rings. The zero-order valence-electron chi connectivity index (χ0n) is 38.0. The van der Waals surface area contributed by atoms with E-state index in [1.54, 1.807) is 0 Å². The molecular weight excluding hydrogens is 1010 g/mol. The zero-order chi connectivity index (χ0) is 55.4. The van der Waals surface area contributed by atoms with Crippen molar-refractivity contribution in [2.45, 2.75) is 108 Å². The van der Waals surface area contributed by atoms with Crippen molar-refractivity contribution in [1.29, 1.82) is 0 Å². The molecule has 3 amide bonds. The monoisotopic (exact) mass is 1050 g/mol. The number of nitrogens with one attached hydrogen (secondary N) is 1. The highest BCUT2D eigenvalue weighted by Gasteiger charge is 2.75. The van der Waals surface area contributed by atoms with Gasteiger partial charge in [-0.1, -0.05) is 59.4 Å². The molecule has 2 aliphatic rings. The summed E-state index contributed by atoms with van der Waals surface area (Å²) in [6.07, 6.45) is -39.9. The normalized spacial score (nSPS) is 15.3. The molecule has 0 aliphatic carbocycles. The van der Waals surface area contributed by atoms with Crippen LogP contribution in [-0.2, 0) is 16.6 Å². The number of imide groups is 1. The number of anilines is 1. The average molecular weight is 1050 g/mol. The van der Waals surface area contributed by atoms with Crippen LogP contribution in [0.15, 0.2) is 67.2 Å². The number of hydrogen-bond acceptors (Lipinski definition) is 5. The first-order valence-electron chi connectivity index (χ1n) is 20.7. The summed E-state index contributed by atoms with van der Waals surface area (Å²) >= 11 is 0. The Morgan fingerprint density at radius 3 is 1.28 bits per heavy atom. The van der Waals surface area contributed by atoms with E-state index in [1.807, 2.05) is 0 Å². The molecule has 0 fully saturated rings. The molecule has 3 N–H and O–H groups in total. The Hall–Kier alpha value is -6.11. The predicted molar refractivity (Wildman–Crippen MR) is 221 cm³/mol. The van der Waals surface area contributed by atoms with Crippen molar-refractivity contribution < 1.29 is 104 Å². The minimum absolute atomic E-state index is 0.0278. The molecule has 6 rings (SSSR count). The first-order chi connectivity index (χ1) is 32.4. The number of hydrogen-bond donors (Lipinski definition) is 3. The Morgan fingerprint density at radius 1 is 0.486 bits per heavy atom. The van der Waals surface area contributed by atoms with E-state index >= 15 is 26.3 Å². The fourth-order valence-electron chi connectivity index (χ4n) is 8.37. The summed E-state index contributed by atoms with van der Waals surface area (Å²) in [5, 5.41) is 23.3. The van der Waals surface area contributed by atoms with E-state index in [9.17, 15) is 77.3 Å². The van der Waals surface area contributed by atoms with Gasteiger partial charge in [-0.25, -0.2) is 4.90 Å². The molecule has 0 bridgehead atoms. The number of fused-ring (bicyclic) bond motifs is 2. The number of amides is 3. The minimum Gasteiger partial charge on any atom is -0.369 e. The molecule has 0 atom stereocenters. The van der Waals surface area contributed by atoms with Crippen LogP contribution in [0.5, 0.6) is 0 Å². The lowest BCUT2D eigenvalue weighted by atomic mass is 9.71. The van der Waals surface area contributed by atoms with Crippen LogP contribution >= 0.6 is 0 Å². The maximum atomic E-state index is 15.2. The SMILES string of the molecule is C=C1NC(=O)c2ccc(C(c3ccc4c(c3)C(=O)N(c3cc(C)c(-c5cc(C(O)(C(F)(F)F)C(F)(F)F)c(C(C)C)cc5C)cc3C(O)(C(F)(F)F)C(F)(F)F)C4=O)(C(F)(F)F)C(F)(F)F)cc21.CC(C)C. The molecule has 0 aromatic heterocycles. The van der Waals surface area contributed by atoms with Gasteiger partial charge in [0, 0.05) is 28.0 Å². The van der Waals surface area contributed by atoms with Crippen molar-refractivity contribution in [3.8, 4) is 11.1 Å². The second-order valence-electron chi connectivity index (χ2n) is 17.9. The van der Waals surface area contributed by atoms with Gasteiger partial charge in [0.05, 0.1) is 16.8 Å². The molecule has 2 heterocycles. The maximum absolute atomic E-state index is 15.2. The molecule has 2 aliphatic heterocycles. The minimum atomic E-state index is -6.95. The molecule has 0 unspecified atom stereocenters. The number of carbonyl (C=O) groups is 3. The number of carbonyl (C=O) groups excluding carboxylic acids is 3. The number of alkyl halides is 18. The first kappa shape index (κ1) is 56.8. The van der Waals surface area contributed by atoms with Gasteiger partial charge in [0.1, 0.15) is 0 Å². The third-order valence-corrected chi connectivity index (χ3v) is 11.8. The summed E-state index contributed by atoms with van der Waals surface area (Å²) in [5.41, 5.74) is -35.5. The van der Waals surface area contributed by atoms with Crippen molar-refractivity contribution in [3.63, 3.8) is 0 Å². The van der Waals surface area contributed by atoms with Gasteiger partial charge in [-0.05, 0) is 107 Å². The van der Waals surface area contributed by atoms with E-state index in [2.05, 4.69) is 32.7 Å². The fourth-order valence-corrected chi connectivity index (χ4v) is 8.37. The number of benzene rings is 4. The highest BCUT2D eigenvalue weighted by atomic mass is 19.4. The van der Waals surface area contributed by atoms with Crippen molar-refractivity contribution in [1.82, 2.24) is 5.32 Å². The topological polar surface area (TPSA) is 107 Å². The van der Waals surface area contributed by atoms with Crippen LogP contribution in [0.2, 0.25) is 0 Å². The maximum Gasteiger partial charge on any atom is 0.430 e. The molecule has 392 valence electrons. The predicted octanol–water partition coefficient (Wildman–Crippen LogP) is 13.3. The van der Waals surface area contributed by atoms with E-state index in [-0.39, 0.29) is 42.5 Å². The van der Waals surface area contributed by atoms with Gasteiger partial charge in [0.15, 0.2) is 0 Å². The summed E-state index contributed by atoms with van der Waals surface area (Å²) in [6.45, 7) is 13.7. The Bertz CT molecular complexity index is 2820. The highest BCUT2D eigenvalue weighted by Crippen LogP contribution is 2.59. The third kappa shape index (κ3) is 8.76. The van der Waals surface area contributed by atoms with E-state index < -0.39 is 166 Å². The second-order valence-corrected chi connectivity index (χ2v) is 17.9. The quantitative estimate of drug-likeness (QED) is 0.126. The van der Waals surface area contributed by atoms with Crippen LogP contribution in [0, 0.1) is 19.8 Å². The summed E-state index contributed by atoms with van der Waals surface area (Å²) < 4.78 is 265. The molecule has 4 aromatic carbocycles. The molecule has 72 heavy (non-hydrogen) atoms. The van der Waals surface area contributed by atoms with E-state index in [0.29, 0.717) is 18.2 Å². The molecule has 0 radical (unpaired) electrons. The molecule has 0 saturated carbocycles. The van der Waals surface area contributed by atoms with Gasteiger partial charge < -0.3 is 15.5 Å². The van der Waals surface area contributed by atoms with Crippen molar-refractivity contribution >= 4 is 29.1 Å². The summed E-state index contributed by atoms with van der Waals surface area (Å²) in [5.74, 6) is -5.61. The van der Waals surface area contributed by atoms with Crippen molar-refractivity contribution in [3.05, 3.63) is 128 Å². The van der Waals surface area contributed by atoms with Crippen LogP contribution in [0.3, 0.4) is 0 Å². The largest absolute Gasteiger partial charge is 0.430 e. The lowest BCUT2D eigenvalue weighted by Crippen LogP contribution is -2.55. The average Bonchev–Trinajstić information content (AvgIpc) is 3.62. The molecule has 0 spiro atoms. The number of nitrogens with zero attached hydrogens (tertiary/aromatic N) is 1. The van der Waals surface area contributed by atoms with Crippen LogP contribution < -0.4 is 10.2 Å². The first-order valence-corrected chi connectivity index (χ1v) is 20.7. The lowest BCUT2D eigenvalue weighted by Gasteiger charge is -2.38. The van der Waals surface area contributed by atoms with Gasteiger partial charge in [0.25, 0.3) is 28.9 Å². The van der Waals surface area contributed by atoms with E-state index in [4.69, 9.17) is 0 Å². The summed E-state index contributed by atoms with van der Waals surface area (Å²) in [6, 6.07) is 1.55. The van der Waals surface area contributed by atoms with Crippen LogP contribution in [0.4, 0.5) is 84.7 Å². The fraction of sp³-hybridized carbons (Fsp3) is 0.383. The summed E-state index contributed by atoms with van der Waals surface area (Å²) in [7, 11) is 0. The number of aryl methyl sites for hydroxylation is 2. The van der Waals surface area contributed by atoms with Crippen LogP contribution in [0.25, 0.3) is 16.8 Å². The van der Waals surface area contributed by atoms with Gasteiger partial charge in [-0.3, -0.25) is 14.4 Å². The number of halogens is 18. The molecule has 7 nitrogen and oxygen atoms in total. The molecule has 0 saturated heterocycles. The molecular formula is C47H38F18N2O5. The third-order valence-electron chi connectivity index (χ3n) is 11.8. The Balaban J connectivity index is 0.00000232. The zero-order valence-corrected chi connectivity index (χ0v) is 38.0. The van der Waals surface area contributed by atoms with Crippen molar-refractivity contribution in [2.24, 2.45) is 5.92 Å². The lowest BCUT2D eigenvalue weighted by molar-refractivity contribution is -0.376.